The van der Waals surface area contributed by atoms with Gasteiger partial charge in [0, 0.05) is 24.7 Å². The fraction of sp³-hybridized carbons (Fsp3) is 0. The van der Waals surface area contributed by atoms with Crippen molar-refractivity contribution in [1.82, 2.24) is 34.7 Å². The minimum absolute atomic E-state index is 0.0614. The molecule has 3 rings (SSSR count). The van der Waals surface area contributed by atoms with E-state index in [1.54, 1.807) is 18.5 Å². The number of H-pyrrole nitrogens is 1. The normalized spacial score (nSPS) is 10.6. The highest BCUT2D eigenvalue weighted by molar-refractivity contribution is 7.99. The number of nitrogens with one attached hydrogen (secondary N) is 1. The van der Waals surface area contributed by atoms with Crippen LogP contribution in [0.2, 0.25) is 0 Å². The largest absolute Gasteiger partial charge is 0.368 e. The Bertz CT molecular complexity index is 784. The molecular formula is C10H8N8OS. The fourth-order valence-corrected chi connectivity index (χ4v) is 2.09. The van der Waals surface area contributed by atoms with E-state index in [9.17, 15) is 4.79 Å². The third-order valence-corrected chi connectivity index (χ3v) is 2.93. The van der Waals surface area contributed by atoms with Crippen LogP contribution in [0.1, 0.15) is 0 Å². The number of hydrogen-bond acceptors (Lipinski definition) is 8. The van der Waals surface area contributed by atoms with E-state index < -0.39 is 0 Å². The molecule has 0 aliphatic heterocycles. The molecule has 0 unspecified atom stereocenters. The van der Waals surface area contributed by atoms with E-state index in [2.05, 4.69) is 30.0 Å². The second-order valence-corrected chi connectivity index (χ2v) is 4.52. The van der Waals surface area contributed by atoms with Crippen molar-refractivity contribution in [1.29, 1.82) is 0 Å². The van der Waals surface area contributed by atoms with E-state index in [-0.39, 0.29) is 11.5 Å². The van der Waals surface area contributed by atoms with Gasteiger partial charge in [-0.1, -0.05) is 0 Å². The van der Waals surface area contributed by atoms with Gasteiger partial charge in [0.2, 0.25) is 11.1 Å². The molecule has 100 valence electrons. The first kappa shape index (κ1) is 12.3. The number of aromatic nitrogens is 7. The van der Waals surface area contributed by atoms with Crippen molar-refractivity contribution >= 4 is 17.7 Å². The lowest BCUT2D eigenvalue weighted by atomic mass is 10.7. The molecule has 20 heavy (non-hydrogen) atoms. The molecule has 3 aromatic heterocycles. The first-order valence-electron chi connectivity index (χ1n) is 5.45. The molecule has 0 bridgehead atoms. The monoisotopic (exact) mass is 288 g/mol. The topological polar surface area (TPSA) is 128 Å². The SMILES string of the molecule is Nc1nc(Sc2nccc(=O)[nH]2)nc(-n2cccn2)n1. The number of aromatic amines is 1. The highest BCUT2D eigenvalue weighted by Crippen LogP contribution is 2.20. The van der Waals surface area contributed by atoms with Crippen molar-refractivity contribution in [2.24, 2.45) is 0 Å². The standard InChI is InChI=1S/C10H8N8OS/c11-7-15-8(18-5-1-3-13-18)17-10(16-7)20-9-12-4-2-6(19)14-9/h1-5H,(H,12,14,19)(H2,11,15,16,17). The van der Waals surface area contributed by atoms with Crippen LogP contribution >= 0.6 is 11.8 Å². The van der Waals surface area contributed by atoms with E-state index >= 15 is 0 Å². The molecule has 0 saturated carbocycles. The maximum absolute atomic E-state index is 11.2. The number of hydrogen-bond donors (Lipinski definition) is 2. The van der Waals surface area contributed by atoms with E-state index in [0.29, 0.717) is 16.3 Å². The third kappa shape index (κ3) is 2.64. The van der Waals surface area contributed by atoms with Crippen LogP contribution in [0.25, 0.3) is 5.95 Å². The summed E-state index contributed by atoms with van der Waals surface area (Å²) in [6.45, 7) is 0. The molecule has 9 nitrogen and oxygen atoms in total. The van der Waals surface area contributed by atoms with Gasteiger partial charge < -0.3 is 10.7 Å². The molecule has 0 fully saturated rings. The molecule has 0 radical (unpaired) electrons. The Morgan fingerprint density at radius 2 is 2.15 bits per heavy atom. The van der Waals surface area contributed by atoms with Gasteiger partial charge in [0.15, 0.2) is 5.16 Å². The van der Waals surface area contributed by atoms with Crippen LogP contribution < -0.4 is 11.3 Å². The zero-order valence-electron chi connectivity index (χ0n) is 9.96. The summed E-state index contributed by atoms with van der Waals surface area (Å²) in [4.78, 5) is 29.9. The van der Waals surface area contributed by atoms with E-state index in [4.69, 9.17) is 5.73 Å². The summed E-state index contributed by atoms with van der Waals surface area (Å²) in [5, 5.41) is 4.70. The van der Waals surface area contributed by atoms with Crippen molar-refractivity contribution in [2.45, 2.75) is 10.3 Å². The zero-order valence-corrected chi connectivity index (χ0v) is 10.8. The Hall–Kier alpha value is -2.75. The quantitative estimate of drug-likeness (QED) is 0.638. The fourth-order valence-electron chi connectivity index (χ4n) is 1.39. The minimum Gasteiger partial charge on any atom is -0.368 e. The van der Waals surface area contributed by atoms with E-state index in [0.717, 1.165) is 11.8 Å². The van der Waals surface area contributed by atoms with Gasteiger partial charge in [0.1, 0.15) is 0 Å². The molecule has 0 saturated heterocycles. The summed E-state index contributed by atoms with van der Waals surface area (Å²) in [5.74, 6) is 0.356. The van der Waals surface area contributed by atoms with Crippen LogP contribution in [0.15, 0.2) is 45.8 Å². The number of nitrogen functional groups attached to an aromatic ring is 1. The molecule has 0 aliphatic carbocycles. The predicted octanol–water partition coefficient (Wildman–Crippen LogP) is -0.126. The first-order valence-corrected chi connectivity index (χ1v) is 6.27. The Morgan fingerprint density at radius 3 is 2.90 bits per heavy atom. The highest BCUT2D eigenvalue weighted by Gasteiger charge is 2.09. The van der Waals surface area contributed by atoms with Gasteiger partial charge in [0.25, 0.3) is 11.5 Å². The second-order valence-electron chi connectivity index (χ2n) is 3.57. The van der Waals surface area contributed by atoms with Crippen molar-refractivity contribution in [3.63, 3.8) is 0 Å². The Balaban J connectivity index is 1.96. The van der Waals surface area contributed by atoms with Gasteiger partial charge in [0.05, 0.1) is 0 Å². The number of rotatable bonds is 3. The van der Waals surface area contributed by atoms with Gasteiger partial charge in [-0.15, -0.1) is 0 Å². The van der Waals surface area contributed by atoms with Crippen LogP contribution in [0.5, 0.6) is 0 Å². The summed E-state index contributed by atoms with van der Waals surface area (Å²) >= 11 is 1.08. The molecular weight excluding hydrogens is 280 g/mol. The van der Waals surface area contributed by atoms with Gasteiger partial charge in [-0.05, 0) is 17.8 Å². The van der Waals surface area contributed by atoms with Crippen molar-refractivity contribution in [3.05, 3.63) is 41.1 Å². The van der Waals surface area contributed by atoms with E-state index in [1.165, 1.54) is 16.9 Å². The lowest BCUT2D eigenvalue weighted by Crippen LogP contribution is -2.09. The van der Waals surface area contributed by atoms with Gasteiger partial charge in [-0.3, -0.25) is 4.79 Å². The maximum atomic E-state index is 11.2. The minimum atomic E-state index is -0.253. The molecule has 0 spiro atoms. The predicted molar refractivity (Wildman–Crippen MR) is 70.3 cm³/mol. The summed E-state index contributed by atoms with van der Waals surface area (Å²) in [6.07, 6.45) is 4.69. The molecule has 3 aromatic rings. The van der Waals surface area contributed by atoms with E-state index in [1.807, 2.05) is 0 Å². The number of anilines is 1. The smallest absolute Gasteiger partial charge is 0.256 e. The van der Waals surface area contributed by atoms with Crippen molar-refractivity contribution in [2.75, 3.05) is 5.73 Å². The highest BCUT2D eigenvalue weighted by atomic mass is 32.2. The van der Waals surface area contributed by atoms with Gasteiger partial charge in [-0.2, -0.15) is 20.1 Å². The number of nitrogens with zero attached hydrogens (tertiary/aromatic N) is 6. The summed E-state index contributed by atoms with van der Waals surface area (Å²) < 4.78 is 1.46. The summed E-state index contributed by atoms with van der Waals surface area (Å²) in [5.41, 5.74) is 5.39. The van der Waals surface area contributed by atoms with Crippen LogP contribution in [-0.2, 0) is 0 Å². The van der Waals surface area contributed by atoms with Gasteiger partial charge in [-0.25, -0.2) is 9.67 Å². The lowest BCUT2D eigenvalue weighted by Gasteiger charge is -2.03. The van der Waals surface area contributed by atoms with Gasteiger partial charge >= 0.3 is 0 Å². The average Bonchev–Trinajstić information content (AvgIpc) is 2.91. The Kier molecular flexibility index (Phi) is 3.13. The van der Waals surface area contributed by atoms with Crippen molar-refractivity contribution in [3.8, 4) is 5.95 Å². The molecule has 0 aromatic carbocycles. The lowest BCUT2D eigenvalue weighted by molar-refractivity contribution is 0.762. The average molecular weight is 288 g/mol. The van der Waals surface area contributed by atoms with Crippen LogP contribution in [0.3, 0.4) is 0 Å². The zero-order chi connectivity index (χ0) is 13.9. The Morgan fingerprint density at radius 1 is 1.25 bits per heavy atom. The third-order valence-electron chi connectivity index (χ3n) is 2.17. The molecule has 3 heterocycles. The van der Waals surface area contributed by atoms with Crippen LogP contribution in [0, 0.1) is 0 Å². The molecule has 0 aliphatic rings. The summed E-state index contributed by atoms with van der Waals surface area (Å²) in [6, 6.07) is 3.06. The molecule has 0 atom stereocenters. The second kappa shape index (κ2) is 5.09. The Labute approximate surface area is 116 Å². The molecule has 0 amide bonds. The maximum Gasteiger partial charge on any atom is 0.256 e. The molecule has 3 N–H and O–H groups in total. The number of nitrogens with two attached hydrogens (primary N) is 1. The van der Waals surface area contributed by atoms with Crippen LogP contribution in [-0.4, -0.2) is 34.7 Å². The summed E-state index contributed by atoms with van der Waals surface area (Å²) in [7, 11) is 0. The van der Waals surface area contributed by atoms with Crippen LogP contribution in [0.4, 0.5) is 5.95 Å². The molecule has 10 heteroatoms. The first-order chi connectivity index (χ1) is 9.70. The van der Waals surface area contributed by atoms with Crippen molar-refractivity contribution < 1.29 is 0 Å².